The molecule has 0 radical (unpaired) electrons. The van der Waals surface area contributed by atoms with Crippen molar-refractivity contribution in [2.45, 2.75) is 46.1 Å². The SMILES string of the molecule is CCOc1cc(NC2CCC(C)(C)C2)ccc1N. The maximum absolute atomic E-state index is 5.87. The Kier molecular flexibility index (Phi) is 3.69. The van der Waals surface area contributed by atoms with Gasteiger partial charge in [-0.15, -0.1) is 0 Å². The monoisotopic (exact) mass is 248 g/mol. The van der Waals surface area contributed by atoms with Gasteiger partial charge in [-0.3, -0.25) is 0 Å². The highest BCUT2D eigenvalue weighted by Crippen LogP contribution is 2.38. The Morgan fingerprint density at radius 2 is 2.22 bits per heavy atom. The van der Waals surface area contributed by atoms with Crippen molar-refractivity contribution in [3.63, 3.8) is 0 Å². The van der Waals surface area contributed by atoms with E-state index >= 15 is 0 Å². The fraction of sp³-hybridized carbons (Fsp3) is 0.600. The van der Waals surface area contributed by atoms with E-state index in [0.29, 0.717) is 23.8 Å². The van der Waals surface area contributed by atoms with Crippen LogP contribution in [0.5, 0.6) is 5.75 Å². The van der Waals surface area contributed by atoms with Gasteiger partial charge in [-0.25, -0.2) is 0 Å². The van der Waals surface area contributed by atoms with Crippen molar-refractivity contribution in [2.24, 2.45) is 5.41 Å². The van der Waals surface area contributed by atoms with Gasteiger partial charge in [-0.1, -0.05) is 13.8 Å². The zero-order chi connectivity index (χ0) is 13.2. The molecule has 3 N–H and O–H groups in total. The quantitative estimate of drug-likeness (QED) is 0.799. The smallest absolute Gasteiger partial charge is 0.144 e. The lowest BCUT2D eigenvalue weighted by atomic mass is 9.92. The number of hydrogen-bond acceptors (Lipinski definition) is 3. The average molecular weight is 248 g/mol. The molecular weight excluding hydrogens is 224 g/mol. The summed E-state index contributed by atoms with van der Waals surface area (Å²) in [4.78, 5) is 0. The summed E-state index contributed by atoms with van der Waals surface area (Å²) in [5.41, 5.74) is 8.15. The lowest BCUT2D eigenvalue weighted by molar-refractivity contribution is 0.342. The van der Waals surface area contributed by atoms with E-state index in [9.17, 15) is 0 Å². The highest BCUT2D eigenvalue weighted by Gasteiger charge is 2.30. The van der Waals surface area contributed by atoms with Crippen LogP contribution in [0, 0.1) is 5.41 Å². The van der Waals surface area contributed by atoms with E-state index in [0.717, 1.165) is 11.4 Å². The Hall–Kier alpha value is -1.38. The normalized spacial score (nSPS) is 21.8. The number of nitrogens with one attached hydrogen (secondary N) is 1. The van der Waals surface area contributed by atoms with Crippen molar-refractivity contribution in [1.82, 2.24) is 0 Å². The van der Waals surface area contributed by atoms with Gasteiger partial charge in [0, 0.05) is 17.8 Å². The molecule has 1 aromatic rings. The zero-order valence-electron chi connectivity index (χ0n) is 11.6. The Morgan fingerprint density at radius 3 is 2.83 bits per heavy atom. The Labute approximate surface area is 110 Å². The standard InChI is InChI=1S/C15H24N2O/c1-4-18-14-9-11(5-6-13(14)16)17-12-7-8-15(2,3)10-12/h5-6,9,12,17H,4,7-8,10,16H2,1-3H3. The van der Waals surface area contributed by atoms with Crippen LogP contribution >= 0.6 is 0 Å². The minimum atomic E-state index is 0.466. The summed E-state index contributed by atoms with van der Waals surface area (Å²) in [7, 11) is 0. The van der Waals surface area contributed by atoms with Crippen LogP contribution < -0.4 is 15.8 Å². The molecular formula is C15H24N2O. The van der Waals surface area contributed by atoms with Gasteiger partial charge in [0.2, 0.25) is 0 Å². The van der Waals surface area contributed by atoms with Gasteiger partial charge in [0.05, 0.1) is 12.3 Å². The summed E-state index contributed by atoms with van der Waals surface area (Å²) in [6.45, 7) is 7.29. The van der Waals surface area contributed by atoms with E-state index in [1.54, 1.807) is 0 Å². The molecule has 2 rings (SSSR count). The predicted molar refractivity (Wildman–Crippen MR) is 77.1 cm³/mol. The molecule has 0 amide bonds. The molecule has 1 aromatic carbocycles. The van der Waals surface area contributed by atoms with Crippen LogP contribution in [0.2, 0.25) is 0 Å². The fourth-order valence-electron chi connectivity index (χ4n) is 2.70. The van der Waals surface area contributed by atoms with Gasteiger partial charge in [0.15, 0.2) is 0 Å². The number of ether oxygens (including phenoxy) is 1. The molecule has 3 nitrogen and oxygen atoms in total. The first kappa shape index (κ1) is 13.1. The summed E-state index contributed by atoms with van der Waals surface area (Å²) in [6, 6.07) is 6.51. The summed E-state index contributed by atoms with van der Waals surface area (Å²) in [6.07, 6.45) is 3.75. The number of anilines is 2. The second-order valence-electron chi connectivity index (χ2n) is 5.93. The summed E-state index contributed by atoms with van der Waals surface area (Å²) in [5.74, 6) is 0.778. The Balaban J connectivity index is 2.04. The summed E-state index contributed by atoms with van der Waals surface area (Å²) < 4.78 is 5.52. The minimum absolute atomic E-state index is 0.466. The molecule has 0 bridgehead atoms. The molecule has 100 valence electrons. The molecule has 1 aliphatic carbocycles. The molecule has 1 saturated carbocycles. The average Bonchev–Trinajstić information content (AvgIpc) is 2.63. The summed E-state index contributed by atoms with van der Waals surface area (Å²) >= 11 is 0. The molecule has 1 unspecified atom stereocenters. The Morgan fingerprint density at radius 1 is 1.44 bits per heavy atom. The number of nitrogens with two attached hydrogens (primary N) is 1. The van der Waals surface area contributed by atoms with Crippen molar-refractivity contribution in [3.8, 4) is 5.75 Å². The van der Waals surface area contributed by atoms with Crippen LogP contribution in [-0.2, 0) is 0 Å². The maximum atomic E-state index is 5.87. The fourth-order valence-corrected chi connectivity index (χ4v) is 2.70. The van der Waals surface area contributed by atoms with Crippen LogP contribution in [0.25, 0.3) is 0 Å². The first-order valence-electron chi connectivity index (χ1n) is 6.79. The molecule has 18 heavy (non-hydrogen) atoms. The molecule has 1 aliphatic rings. The number of nitrogen functional groups attached to an aromatic ring is 1. The zero-order valence-corrected chi connectivity index (χ0v) is 11.6. The first-order valence-corrected chi connectivity index (χ1v) is 6.79. The molecule has 1 atom stereocenters. The van der Waals surface area contributed by atoms with Gasteiger partial charge in [0.25, 0.3) is 0 Å². The van der Waals surface area contributed by atoms with Crippen molar-refractivity contribution in [1.29, 1.82) is 0 Å². The summed E-state index contributed by atoms with van der Waals surface area (Å²) in [5, 5.41) is 3.59. The number of rotatable bonds is 4. The molecule has 0 aromatic heterocycles. The third-order valence-electron chi connectivity index (χ3n) is 3.65. The lowest BCUT2D eigenvalue weighted by Crippen LogP contribution is -2.17. The molecule has 0 spiro atoms. The number of hydrogen-bond donors (Lipinski definition) is 2. The highest BCUT2D eigenvalue weighted by atomic mass is 16.5. The van der Waals surface area contributed by atoms with Crippen LogP contribution in [0.1, 0.15) is 40.0 Å². The van der Waals surface area contributed by atoms with Crippen molar-refractivity contribution >= 4 is 11.4 Å². The van der Waals surface area contributed by atoms with Gasteiger partial charge in [0.1, 0.15) is 5.75 Å². The Bertz CT molecular complexity index is 415. The van der Waals surface area contributed by atoms with Gasteiger partial charge >= 0.3 is 0 Å². The third kappa shape index (κ3) is 3.09. The minimum Gasteiger partial charge on any atom is -0.492 e. The first-order chi connectivity index (χ1) is 8.50. The van der Waals surface area contributed by atoms with Crippen LogP contribution in [0.3, 0.4) is 0 Å². The molecule has 0 aliphatic heterocycles. The predicted octanol–water partition coefficient (Wildman–Crippen LogP) is 3.66. The van der Waals surface area contributed by atoms with E-state index in [1.807, 2.05) is 25.1 Å². The second-order valence-corrected chi connectivity index (χ2v) is 5.93. The van der Waals surface area contributed by atoms with Crippen LogP contribution in [0.4, 0.5) is 11.4 Å². The van der Waals surface area contributed by atoms with Crippen molar-refractivity contribution in [2.75, 3.05) is 17.7 Å². The molecule has 3 heteroatoms. The van der Waals surface area contributed by atoms with Gasteiger partial charge < -0.3 is 15.8 Å². The largest absolute Gasteiger partial charge is 0.492 e. The second kappa shape index (κ2) is 5.09. The topological polar surface area (TPSA) is 47.3 Å². The van der Waals surface area contributed by atoms with Gasteiger partial charge in [-0.05, 0) is 43.7 Å². The van der Waals surface area contributed by atoms with E-state index in [1.165, 1.54) is 19.3 Å². The van der Waals surface area contributed by atoms with E-state index in [-0.39, 0.29) is 0 Å². The van der Waals surface area contributed by atoms with E-state index in [2.05, 4.69) is 19.2 Å². The molecule has 1 fully saturated rings. The number of benzene rings is 1. The van der Waals surface area contributed by atoms with Crippen LogP contribution in [0.15, 0.2) is 18.2 Å². The maximum Gasteiger partial charge on any atom is 0.144 e. The molecule has 0 saturated heterocycles. The highest BCUT2D eigenvalue weighted by molar-refractivity contribution is 5.61. The third-order valence-corrected chi connectivity index (χ3v) is 3.65. The van der Waals surface area contributed by atoms with Crippen molar-refractivity contribution in [3.05, 3.63) is 18.2 Å². The van der Waals surface area contributed by atoms with Crippen molar-refractivity contribution < 1.29 is 4.74 Å². The van der Waals surface area contributed by atoms with E-state index < -0.39 is 0 Å². The molecule has 0 heterocycles. The van der Waals surface area contributed by atoms with Crippen LogP contribution in [-0.4, -0.2) is 12.6 Å². The lowest BCUT2D eigenvalue weighted by Gasteiger charge is -2.19. The van der Waals surface area contributed by atoms with Gasteiger partial charge in [-0.2, -0.15) is 0 Å². The van der Waals surface area contributed by atoms with E-state index in [4.69, 9.17) is 10.5 Å².